The van der Waals surface area contributed by atoms with Crippen LogP contribution in [0.3, 0.4) is 0 Å². The van der Waals surface area contributed by atoms with Crippen LogP contribution in [0.1, 0.15) is 17.7 Å². The predicted octanol–water partition coefficient (Wildman–Crippen LogP) is 2.17. The van der Waals surface area contributed by atoms with Crippen molar-refractivity contribution in [2.75, 3.05) is 19.6 Å². The van der Waals surface area contributed by atoms with Crippen molar-refractivity contribution in [1.29, 1.82) is 0 Å². The van der Waals surface area contributed by atoms with Gasteiger partial charge in [-0.2, -0.15) is 0 Å². The zero-order chi connectivity index (χ0) is 12.1. The van der Waals surface area contributed by atoms with Gasteiger partial charge in [0.2, 0.25) is 5.91 Å². The van der Waals surface area contributed by atoms with Gasteiger partial charge in [-0.3, -0.25) is 4.79 Å². The number of thiophene rings is 1. The van der Waals surface area contributed by atoms with Crippen molar-refractivity contribution in [3.63, 3.8) is 0 Å². The number of piperidine rings is 1. The van der Waals surface area contributed by atoms with Gasteiger partial charge in [0.1, 0.15) is 0 Å². The lowest BCUT2D eigenvalue weighted by molar-refractivity contribution is -0.125. The van der Waals surface area contributed by atoms with Gasteiger partial charge in [0.05, 0.1) is 5.92 Å². The Kier molecular flexibility index (Phi) is 5.00. The topological polar surface area (TPSA) is 41.1 Å². The van der Waals surface area contributed by atoms with Crippen LogP contribution >= 0.6 is 27.3 Å². The number of hydrogen-bond acceptors (Lipinski definition) is 3. The Hall–Kier alpha value is -0.390. The standard InChI is InChI=1S/C12H17BrN2OS/c13-10-6-11(17-8-10)3-5-15-12(16)9-2-1-4-14-7-9/h6,8-9,14H,1-5,7H2,(H,15,16). The first-order chi connectivity index (χ1) is 8.25. The summed E-state index contributed by atoms with van der Waals surface area (Å²) in [4.78, 5) is 13.1. The average Bonchev–Trinajstić information content (AvgIpc) is 2.76. The fourth-order valence-electron chi connectivity index (χ4n) is 2.01. The number of amides is 1. The number of hydrogen-bond donors (Lipinski definition) is 2. The van der Waals surface area contributed by atoms with Crippen LogP contribution in [0.25, 0.3) is 0 Å². The molecule has 1 unspecified atom stereocenters. The summed E-state index contributed by atoms with van der Waals surface area (Å²) in [6.45, 7) is 2.62. The Morgan fingerprint density at radius 1 is 1.65 bits per heavy atom. The van der Waals surface area contributed by atoms with E-state index in [1.807, 2.05) is 0 Å². The Labute approximate surface area is 114 Å². The van der Waals surface area contributed by atoms with E-state index in [4.69, 9.17) is 0 Å². The van der Waals surface area contributed by atoms with Gasteiger partial charge in [0.25, 0.3) is 0 Å². The molecular formula is C12H17BrN2OS. The van der Waals surface area contributed by atoms with Crippen molar-refractivity contribution in [1.82, 2.24) is 10.6 Å². The van der Waals surface area contributed by atoms with Crippen LogP contribution in [-0.4, -0.2) is 25.5 Å². The number of rotatable bonds is 4. The van der Waals surface area contributed by atoms with E-state index in [-0.39, 0.29) is 11.8 Å². The lowest BCUT2D eigenvalue weighted by Gasteiger charge is -2.21. The first kappa shape index (κ1) is 13.1. The second-order valence-corrected chi connectivity index (χ2v) is 6.23. The highest BCUT2D eigenvalue weighted by Crippen LogP contribution is 2.19. The average molecular weight is 317 g/mol. The molecule has 1 atom stereocenters. The van der Waals surface area contributed by atoms with Gasteiger partial charge in [0, 0.05) is 27.8 Å². The maximum atomic E-state index is 11.8. The largest absolute Gasteiger partial charge is 0.355 e. The molecule has 1 aliphatic heterocycles. The van der Waals surface area contributed by atoms with E-state index in [2.05, 4.69) is 38.0 Å². The Morgan fingerprint density at radius 2 is 2.53 bits per heavy atom. The lowest BCUT2D eigenvalue weighted by atomic mass is 9.99. The minimum Gasteiger partial charge on any atom is -0.355 e. The molecule has 94 valence electrons. The molecule has 0 spiro atoms. The quantitative estimate of drug-likeness (QED) is 0.894. The predicted molar refractivity (Wildman–Crippen MR) is 74.3 cm³/mol. The zero-order valence-electron chi connectivity index (χ0n) is 9.67. The van der Waals surface area contributed by atoms with Crippen LogP contribution in [0.5, 0.6) is 0 Å². The number of carbonyl (C=O) groups is 1. The minimum absolute atomic E-state index is 0.166. The minimum atomic E-state index is 0.166. The Morgan fingerprint density at radius 3 is 3.18 bits per heavy atom. The van der Waals surface area contributed by atoms with Crippen molar-refractivity contribution in [2.45, 2.75) is 19.3 Å². The molecule has 0 bridgehead atoms. The third-order valence-corrected chi connectivity index (χ3v) is 4.72. The van der Waals surface area contributed by atoms with Gasteiger partial charge < -0.3 is 10.6 Å². The molecule has 1 aliphatic rings. The van der Waals surface area contributed by atoms with Gasteiger partial charge in [0.15, 0.2) is 0 Å². The summed E-state index contributed by atoms with van der Waals surface area (Å²) in [5.74, 6) is 0.367. The van der Waals surface area contributed by atoms with Crippen LogP contribution < -0.4 is 10.6 Å². The third kappa shape index (κ3) is 4.08. The maximum absolute atomic E-state index is 11.8. The molecule has 0 aliphatic carbocycles. The lowest BCUT2D eigenvalue weighted by Crippen LogP contribution is -2.41. The summed E-state index contributed by atoms with van der Waals surface area (Å²) in [6, 6.07) is 2.11. The second kappa shape index (κ2) is 6.52. The van der Waals surface area contributed by atoms with E-state index in [9.17, 15) is 4.79 Å². The molecule has 1 saturated heterocycles. The van der Waals surface area contributed by atoms with E-state index in [0.29, 0.717) is 0 Å². The van der Waals surface area contributed by atoms with E-state index in [0.717, 1.165) is 43.4 Å². The SMILES string of the molecule is O=C(NCCc1cc(Br)cs1)C1CCCNC1. The maximum Gasteiger partial charge on any atom is 0.224 e. The highest BCUT2D eigenvalue weighted by atomic mass is 79.9. The van der Waals surface area contributed by atoms with Crippen molar-refractivity contribution < 1.29 is 4.79 Å². The molecule has 1 fully saturated rings. The molecule has 2 rings (SSSR count). The van der Waals surface area contributed by atoms with Crippen LogP contribution in [-0.2, 0) is 11.2 Å². The fraction of sp³-hybridized carbons (Fsp3) is 0.583. The molecule has 1 amide bonds. The van der Waals surface area contributed by atoms with E-state index in [1.165, 1.54) is 4.88 Å². The molecule has 5 heteroatoms. The van der Waals surface area contributed by atoms with Crippen molar-refractivity contribution in [3.05, 3.63) is 20.8 Å². The van der Waals surface area contributed by atoms with Crippen LogP contribution in [0.2, 0.25) is 0 Å². The number of carbonyl (C=O) groups excluding carboxylic acids is 1. The molecule has 0 aromatic carbocycles. The van der Waals surface area contributed by atoms with E-state index in [1.54, 1.807) is 11.3 Å². The van der Waals surface area contributed by atoms with Gasteiger partial charge in [-0.05, 0) is 47.8 Å². The van der Waals surface area contributed by atoms with Crippen molar-refractivity contribution in [3.8, 4) is 0 Å². The van der Waals surface area contributed by atoms with Crippen LogP contribution in [0, 0.1) is 5.92 Å². The number of halogens is 1. The van der Waals surface area contributed by atoms with E-state index >= 15 is 0 Å². The summed E-state index contributed by atoms with van der Waals surface area (Å²) < 4.78 is 1.13. The highest BCUT2D eigenvalue weighted by Gasteiger charge is 2.20. The number of nitrogens with one attached hydrogen (secondary N) is 2. The van der Waals surface area contributed by atoms with Crippen LogP contribution in [0.15, 0.2) is 15.9 Å². The molecular weight excluding hydrogens is 300 g/mol. The first-order valence-electron chi connectivity index (χ1n) is 5.97. The molecule has 1 aromatic rings. The molecule has 3 nitrogen and oxygen atoms in total. The normalized spacial score (nSPS) is 20.2. The zero-order valence-corrected chi connectivity index (χ0v) is 12.1. The highest BCUT2D eigenvalue weighted by molar-refractivity contribution is 9.10. The van der Waals surface area contributed by atoms with Crippen molar-refractivity contribution >= 4 is 33.2 Å². The second-order valence-electron chi connectivity index (χ2n) is 4.32. The molecule has 17 heavy (non-hydrogen) atoms. The van der Waals surface area contributed by atoms with Gasteiger partial charge in [-0.15, -0.1) is 11.3 Å². The molecule has 1 aromatic heterocycles. The first-order valence-corrected chi connectivity index (χ1v) is 7.64. The molecule has 0 radical (unpaired) electrons. The fourth-order valence-corrected chi connectivity index (χ4v) is 3.47. The monoisotopic (exact) mass is 316 g/mol. The molecule has 2 heterocycles. The van der Waals surface area contributed by atoms with E-state index < -0.39 is 0 Å². The summed E-state index contributed by atoms with van der Waals surface area (Å²) in [5.41, 5.74) is 0. The summed E-state index contributed by atoms with van der Waals surface area (Å²) in [5, 5.41) is 8.36. The Bertz CT molecular complexity index is 374. The third-order valence-electron chi connectivity index (χ3n) is 2.96. The summed E-state index contributed by atoms with van der Waals surface area (Å²) in [6.07, 6.45) is 3.04. The summed E-state index contributed by atoms with van der Waals surface area (Å²) >= 11 is 5.16. The molecule has 2 N–H and O–H groups in total. The van der Waals surface area contributed by atoms with Gasteiger partial charge in [-0.1, -0.05) is 0 Å². The van der Waals surface area contributed by atoms with Gasteiger partial charge >= 0.3 is 0 Å². The van der Waals surface area contributed by atoms with Gasteiger partial charge in [-0.25, -0.2) is 0 Å². The van der Waals surface area contributed by atoms with Crippen LogP contribution in [0.4, 0.5) is 0 Å². The smallest absolute Gasteiger partial charge is 0.224 e. The van der Waals surface area contributed by atoms with Crippen molar-refractivity contribution in [2.24, 2.45) is 5.92 Å². The Balaban J connectivity index is 1.69. The summed E-state index contributed by atoms with van der Waals surface area (Å²) in [7, 11) is 0. The molecule has 0 saturated carbocycles.